The van der Waals surface area contributed by atoms with Gasteiger partial charge in [0.25, 0.3) is 0 Å². The number of likely N-dealkylation sites (N-methyl/N-ethyl adjacent to an activating group) is 1. The molecule has 3 aromatic rings. The first-order valence-corrected chi connectivity index (χ1v) is 12.7. The predicted molar refractivity (Wildman–Crippen MR) is 141 cm³/mol. The Balaban J connectivity index is 1.28. The molecular formula is C27H29ClFN5O3. The van der Waals surface area contributed by atoms with E-state index >= 15 is 0 Å². The molecule has 10 heteroatoms. The minimum Gasteiger partial charge on any atom is -0.491 e. The number of fused-ring (bicyclic) bond motifs is 2. The largest absolute Gasteiger partial charge is 0.491 e. The van der Waals surface area contributed by atoms with Crippen LogP contribution in [0, 0.1) is 17.2 Å². The van der Waals surface area contributed by atoms with Crippen LogP contribution in [0.15, 0.2) is 48.8 Å². The van der Waals surface area contributed by atoms with E-state index in [0.717, 1.165) is 42.8 Å². The van der Waals surface area contributed by atoms with Crippen LogP contribution in [-0.2, 0) is 9.47 Å². The fraction of sp³-hybridized carbons (Fsp3) is 0.407. The first-order valence-electron chi connectivity index (χ1n) is 12.3. The highest BCUT2D eigenvalue weighted by molar-refractivity contribution is 6.31. The maximum atomic E-state index is 13.6. The predicted octanol–water partition coefficient (Wildman–Crippen LogP) is 4.84. The number of hydrogen-bond acceptors (Lipinski definition) is 8. The van der Waals surface area contributed by atoms with Crippen molar-refractivity contribution < 1.29 is 18.6 Å². The SMILES string of the molecule is CN(C)C/C=C/C1OC1Nc1cc2c(Nc3ccc(F)c(Cl)c3)ncnc2cc1OC[C@]12COC[C@H]1C2. The molecule has 6 rings (SSSR count). The van der Waals surface area contributed by atoms with Crippen LogP contribution in [0.5, 0.6) is 5.75 Å². The van der Waals surface area contributed by atoms with E-state index in [4.69, 9.17) is 25.8 Å². The quantitative estimate of drug-likeness (QED) is 0.287. The summed E-state index contributed by atoms with van der Waals surface area (Å²) in [6, 6.07) is 8.35. The fourth-order valence-corrected chi connectivity index (χ4v) is 4.94. The molecule has 4 atom stereocenters. The molecule has 2 unspecified atom stereocenters. The van der Waals surface area contributed by atoms with Crippen LogP contribution >= 0.6 is 11.6 Å². The highest BCUT2D eigenvalue weighted by atomic mass is 35.5. The summed E-state index contributed by atoms with van der Waals surface area (Å²) < 4.78 is 31.5. The minimum absolute atomic E-state index is 0.0101. The lowest BCUT2D eigenvalue weighted by Crippen LogP contribution is -2.18. The van der Waals surface area contributed by atoms with Gasteiger partial charge in [0, 0.05) is 29.1 Å². The van der Waals surface area contributed by atoms with E-state index in [2.05, 4.69) is 37.7 Å². The van der Waals surface area contributed by atoms with Gasteiger partial charge in [-0.15, -0.1) is 0 Å². The highest BCUT2D eigenvalue weighted by Crippen LogP contribution is 2.57. The summed E-state index contributed by atoms with van der Waals surface area (Å²) in [5, 5.41) is 7.53. The van der Waals surface area contributed by atoms with Crippen LogP contribution in [0.3, 0.4) is 0 Å². The van der Waals surface area contributed by atoms with Crippen molar-refractivity contribution in [2.24, 2.45) is 11.3 Å². The molecule has 2 saturated heterocycles. The number of rotatable bonds is 10. The average Bonchev–Trinajstić information content (AvgIpc) is 3.75. The third-order valence-electron chi connectivity index (χ3n) is 7.12. The average molecular weight is 526 g/mol. The standard InChI is InChI=1S/C27H29ClFN5O3/c1-34(2)7-3-4-23-26(37-23)33-22-9-18-21(10-24(22)36-14-27-11-16(27)12-35-13-27)30-15-31-25(18)32-17-5-6-20(29)19(28)8-17/h3-6,8-10,15-16,23,26,33H,7,11-14H2,1-2H3,(H,30,31,32)/b4-3+/t16-,23?,26?,27+/m1/s1. The number of ether oxygens (including phenoxy) is 3. The van der Waals surface area contributed by atoms with Crippen LogP contribution in [0.2, 0.25) is 5.02 Å². The van der Waals surface area contributed by atoms with Crippen LogP contribution in [-0.4, -0.2) is 67.7 Å². The van der Waals surface area contributed by atoms with Crippen molar-refractivity contribution in [2.45, 2.75) is 18.8 Å². The molecule has 2 aromatic carbocycles. The second-order valence-corrected chi connectivity index (χ2v) is 10.7. The van der Waals surface area contributed by atoms with Crippen molar-refractivity contribution in [2.75, 3.05) is 51.1 Å². The van der Waals surface area contributed by atoms with E-state index in [1.54, 1.807) is 6.07 Å². The summed E-state index contributed by atoms with van der Waals surface area (Å²) in [5.74, 6) is 1.39. The molecule has 1 aliphatic carbocycles. The van der Waals surface area contributed by atoms with Gasteiger partial charge in [0.15, 0.2) is 6.23 Å². The molecule has 0 bridgehead atoms. The van der Waals surface area contributed by atoms with Gasteiger partial charge < -0.3 is 29.7 Å². The zero-order valence-corrected chi connectivity index (χ0v) is 21.5. The van der Waals surface area contributed by atoms with Crippen molar-refractivity contribution in [3.63, 3.8) is 0 Å². The topological polar surface area (TPSA) is 84.1 Å². The second-order valence-electron chi connectivity index (χ2n) is 10.3. The van der Waals surface area contributed by atoms with Gasteiger partial charge in [-0.25, -0.2) is 14.4 Å². The van der Waals surface area contributed by atoms with Gasteiger partial charge in [-0.3, -0.25) is 0 Å². The number of anilines is 3. The third-order valence-corrected chi connectivity index (χ3v) is 7.41. The van der Waals surface area contributed by atoms with Crippen molar-refractivity contribution in [1.29, 1.82) is 0 Å². The molecule has 8 nitrogen and oxygen atoms in total. The van der Waals surface area contributed by atoms with Gasteiger partial charge in [-0.2, -0.15) is 0 Å². The van der Waals surface area contributed by atoms with Gasteiger partial charge >= 0.3 is 0 Å². The number of halogens is 2. The zero-order valence-electron chi connectivity index (χ0n) is 20.7. The first-order chi connectivity index (χ1) is 17.9. The van der Waals surface area contributed by atoms with E-state index in [-0.39, 0.29) is 22.8 Å². The molecule has 3 aliphatic rings. The molecule has 1 aromatic heterocycles. The smallest absolute Gasteiger partial charge is 0.159 e. The fourth-order valence-electron chi connectivity index (χ4n) is 4.76. The molecular weight excluding hydrogens is 497 g/mol. The van der Waals surface area contributed by atoms with Crippen molar-refractivity contribution in [3.8, 4) is 5.75 Å². The molecule has 37 heavy (non-hydrogen) atoms. The molecule has 0 spiro atoms. The summed E-state index contributed by atoms with van der Waals surface area (Å²) in [7, 11) is 4.05. The van der Waals surface area contributed by atoms with Crippen molar-refractivity contribution in [1.82, 2.24) is 14.9 Å². The lowest BCUT2D eigenvalue weighted by Gasteiger charge is -2.18. The van der Waals surface area contributed by atoms with Crippen molar-refractivity contribution in [3.05, 3.63) is 59.7 Å². The molecule has 0 amide bonds. The Hall–Kier alpha value is -2.98. The van der Waals surface area contributed by atoms with Gasteiger partial charge in [0.05, 0.1) is 36.0 Å². The molecule has 3 fully saturated rings. The second kappa shape index (κ2) is 9.72. The van der Waals surface area contributed by atoms with E-state index < -0.39 is 5.82 Å². The number of epoxide rings is 1. The monoisotopic (exact) mass is 525 g/mol. The minimum atomic E-state index is -0.475. The highest BCUT2D eigenvalue weighted by Gasteiger charge is 2.59. The number of benzene rings is 2. The summed E-state index contributed by atoms with van der Waals surface area (Å²) in [5.41, 5.74) is 2.26. The van der Waals surface area contributed by atoms with Crippen LogP contribution in [0.25, 0.3) is 10.9 Å². The maximum Gasteiger partial charge on any atom is 0.159 e. The molecule has 194 valence electrons. The van der Waals surface area contributed by atoms with Gasteiger partial charge in [-0.05, 0) is 50.7 Å². The summed E-state index contributed by atoms with van der Waals surface area (Å²) in [6.45, 7) is 3.01. The Bertz CT molecular complexity index is 1360. The van der Waals surface area contributed by atoms with E-state index in [9.17, 15) is 4.39 Å². The Morgan fingerprint density at radius 2 is 2.16 bits per heavy atom. The Labute approximate surface area is 219 Å². The molecule has 1 saturated carbocycles. The zero-order chi connectivity index (χ0) is 25.6. The maximum absolute atomic E-state index is 13.6. The van der Waals surface area contributed by atoms with Crippen LogP contribution in [0.1, 0.15) is 6.42 Å². The van der Waals surface area contributed by atoms with Gasteiger partial charge in [0.2, 0.25) is 0 Å². The van der Waals surface area contributed by atoms with E-state index in [0.29, 0.717) is 29.8 Å². The number of nitrogens with one attached hydrogen (secondary N) is 2. The Kier molecular flexibility index (Phi) is 6.40. The number of aromatic nitrogens is 2. The lowest BCUT2D eigenvalue weighted by atomic mass is 10.1. The van der Waals surface area contributed by atoms with Crippen LogP contribution in [0.4, 0.5) is 21.6 Å². The molecule has 0 radical (unpaired) electrons. The molecule has 2 N–H and O–H groups in total. The van der Waals surface area contributed by atoms with Crippen molar-refractivity contribution >= 4 is 39.7 Å². The Morgan fingerprint density at radius 1 is 1.27 bits per heavy atom. The molecule has 3 heterocycles. The van der Waals surface area contributed by atoms with Gasteiger partial charge in [-0.1, -0.05) is 23.8 Å². The van der Waals surface area contributed by atoms with Crippen LogP contribution < -0.4 is 15.4 Å². The lowest BCUT2D eigenvalue weighted by molar-refractivity contribution is 0.124. The number of hydrogen-bond donors (Lipinski definition) is 2. The van der Waals surface area contributed by atoms with E-state index in [1.165, 1.54) is 18.5 Å². The normalized spacial score (nSPS) is 26.0. The Morgan fingerprint density at radius 3 is 2.92 bits per heavy atom. The summed E-state index contributed by atoms with van der Waals surface area (Å²) in [6.07, 6.45) is 6.63. The first kappa shape index (κ1) is 24.4. The van der Waals surface area contributed by atoms with E-state index in [1.807, 2.05) is 26.2 Å². The number of nitrogens with zero attached hydrogens (tertiary/aromatic N) is 3. The summed E-state index contributed by atoms with van der Waals surface area (Å²) in [4.78, 5) is 11.0. The van der Waals surface area contributed by atoms with Gasteiger partial charge in [0.1, 0.15) is 29.8 Å². The summed E-state index contributed by atoms with van der Waals surface area (Å²) >= 11 is 5.97. The molecule has 2 aliphatic heterocycles. The third kappa shape index (κ3) is 5.22.